The molecule has 0 heterocycles. The summed E-state index contributed by atoms with van der Waals surface area (Å²) in [5.74, 6) is -3.92. The summed E-state index contributed by atoms with van der Waals surface area (Å²) in [6.45, 7) is 1.03. The minimum Gasteiger partial charge on any atom is -0.505 e. The molecule has 0 saturated heterocycles. The molecule has 0 aromatic heterocycles. The number of aryl methyl sites for hydroxylation is 1. The van der Waals surface area contributed by atoms with Crippen molar-refractivity contribution in [1.82, 2.24) is 0 Å². The lowest BCUT2D eigenvalue weighted by Crippen LogP contribution is -2.15. The highest BCUT2D eigenvalue weighted by Crippen LogP contribution is 2.47. The molecule has 0 aliphatic rings. The number of fused-ring (bicyclic) bond motifs is 1. The molecule has 280 valence electrons. The Morgan fingerprint density at radius 1 is 0.648 bits per heavy atom. The van der Waals surface area contributed by atoms with Gasteiger partial charge in [-0.2, -0.15) is 27.1 Å². The third-order valence-electron chi connectivity index (χ3n) is 7.31. The van der Waals surface area contributed by atoms with Crippen molar-refractivity contribution in [2.75, 3.05) is 12.4 Å². The van der Waals surface area contributed by atoms with Crippen LogP contribution in [-0.4, -0.2) is 68.0 Å². The zero-order valence-corrected chi connectivity index (χ0v) is 29.9. The Balaban J connectivity index is 1.50. The average molecular weight is 799 g/mol. The smallest absolute Gasteiger partial charge is 0.397 e. The van der Waals surface area contributed by atoms with Crippen molar-refractivity contribution in [3.05, 3.63) is 96.1 Å². The number of aromatic hydroxyl groups is 2. The standard InChI is InChI=1S/C32H26N6O13S3/c1-18-2-4-19(5-3-18)34-37-29-25(32(41)42)17-28(39)30(31(29)40)38-36-26-12-13-27(24-16-22(53(45,46)47)10-11-23(24)26)35-33-20-6-8-21(9-7-20)52(43,44)15-14-51-54(48,49)50/h2-13,16-17,39-40H,14-15H2,1H3,(H,41,42)(H,45,46,47)(H,48,49,50). The molecule has 5 rings (SSSR count). The van der Waals surface area contributed by atoms with Gasteiger partial charge < -0.3 is 15.3 Å². The van der Waals surface area contributed by atoms with Crippen molar-refractivity contribution < 1.29 is 58.7 Å². The van der Waals surface area contributed by atoms with Gasteiger partial charge >= 0.3 is 16.4 Å². The zero-order valence-electron chi connectivity index (χ0n) is 27.4. The first-order chi connectivity index (χ1) is 25.3. The molecule has 0 bridgehead atoms. The van der Waals surface area contributed by atoms with E-state index in [9.17, 15) is 49.9 Å². The van der Waals surface area contributed by atoms with Gasteiger partial charge in [0, 0.05) is 10.8 Å². The number of aromatic carboxylic acids is 1. The maximum Gasteiger partial charge on any atom is 0.397 e. The van der Waals surface area contributed by atoms with Crippen molar-refractivity contribution in [2.24, 2.45) is 30.7 Å². The molecule has 0 atom stereocenters. The third-order valence-corrected chi connectivity index (χ3v) is 10.3. The third kappa shape index (κ3) is 9.49. The van der Waals surface area contributed by atoms with E-state index >= 15 is 0 Å². The van der Waals surface area contributed by atoms with Gasteiger partial charge in [0.25, 0.3) is 10.1 Å². The average Bonchev–Trinajstić information content (AvgIpc) is 3.10. The number of sulfone groups is 1. The topological polar surface area (TPSA) is 304 Å². The summed E-state index contributed by atoms with van der Waals surface area (Å²) in [5.41, 5.74) is -0.192. The first-order valence-electron chi connectivity index (χ1n) is 15.0. The summed E-state index contributed by atoms with van der Waals surface area (Å²) in [7, 11) is -13.6. The van der Waals surface area contributed by atoms with Crippen LogP contribution in [0, 0.1) is 6.92 Å². The number of carboxylic acid groups (broad SMARTS) is 1. The van der Waals surface area contributed by atoms with Crippen LogP contribution in [0.15, 0.2) is 125 Å². The fourth-order valence-corrected chi connectivity index (χ4v) is 6.65. The Hall–Kier alpha value is -6.04. The number of rotatable bonds is 13. The molecule has 19 nitrogen and oxygen atoms in total. The van der Waals surface area contributed by atoms with E-state index in [-0.39, 0.29) is 32.7 Å². The van der Waals surface area contributed by atoms with E-state index in [0.717, 1.165) is 35.9 Å². The Bertz CT molecular complexity index is 2700. The minimum absolute atomic E-state index is 0.0299. The van der Waals surface area contributed by atoms with Crippen molar-refractivity contribution in [1.29, 1.82) is 0 Å². The Labute approximate surface area is 306 Å². The number of phenolic OH excluding ortho intramolecular Hbond substituents is 2. The molecule has 5 aromatic carbocycles. The van der Waals surface area contributed by atoms with Gasteiger partial charge in [-0.25, -0.2) is 17.4 Å². The highest BCUT2D eigenvalue weighted by Gasteiger charge is 2.23. The van der Waals surface area contributed by atoms with Crippen molar-refractivity contribution in [2.45, 2.75) is 16.7 Å². The lowest BCUT2D eigenvalue weighted by atomic mass is 10.1. The number of hydrogen-bond acceptors (Lipinski definition) is 16. The van der Waals surface area contributed by atoms with Gasteiger partial charge in [0.2, 0.25) is 0 Å². The van der Waals surface area contributed by atoms with E-state index in [4.69, 9.17) is 4.55 Å². The van der Waals surface area contributed by atoms with Crippen LogP contribution in [0.25, 0.3) is 10.8 Å². The lowest BCUT2D eigenvalue weighted by Gasteiger charge is -2.09. The van der Waals surface area contributed by atoms with Crippen molar-refractivity contribution in [3.63, 3.8) is 0 Å². The van der Waals surface area contributed by atoms with E-state index in [0.29, 0.717) is 5.69 Å². The largest absolute Gasteiger partial charge is 0.505 e. The number of carbonyl (C=O) groups is 1. The second kappa shape index (κ2) is 15.5. The summed E-state index contributed by atoms with van der Waals surface area (Å²) < 4.78 is 92.7. The van der Waals surface area contributed by atoms with Gasteiger partial charge in [-0.15, -0.1) is 20.5 Å². The molecule has 0 radical (unpaired) electrons. The predicted molar refractivity (Wildman–Crippen MR) is 190 cm³/mol. The summed E-state index contributed by atoms with van der Waals surface area (Å²) in [5, 5.41) is 55.5. The summed E-state index contributed by atoms with van der Waals surface area (Å²) in [6, 6.07) is 18.5. The number of phenols is 2. The van der Waals surface area contributed by atoms with Gasteiger partial charge in [0.15, 0.2) is 21.3 Å². The van der Waals surface area contributed by atoms with Crippen LogP contribution in [0.4, 0.5) is 34.1 Å². The molecule has 5 N–H and O–H groups in total. The van der Waals surface area contributed by atoms with Crippen LogP contribution in [0.1, 0.15) is 15.9 Å². The van der Waals surface area contributed by atoms with Crippen molar-refractivity contribution in [3.8, 4) is 11.5 Å². The monoisotopic (exact) mass is 798 g/mol. The molecule has 0 amide bonds. The van der Waals surface area contributed by atoms with Gasteiger partial charge in [-0.1, -0.05) is 23.8 Å². The number of nitrogens with zero attached hydrogens (tertiary/aromatic N) is 6. The SMILES string of the molecule is Cc1ccc(N=Nc2c(C(=O)O)cc(O)c(N=Nc3ccc(N=Nc4ccc(S(=O)(=O)CCOS(=O)(=O)O)cc4)c4cc(S(=O)(=O)O)ccc34)c2O)cc1. The first kappa shape index (κ1) is 39.2. The molecular weight excluding hydrogens is 773 g/mol. The Morgan fingerprint density at radius 3 is 1.78 bits per heavy atom. The molecule has 0 spiro atoms. The highest BCUT2D eigenvalue weighted by molar-refractivity contribution is 7.91. The molecule has 54 heavy (non-hydrogen) atoms. The zero-order chi connectivity index (χ0) is 39.4. The lowest BCUT2D eigenvalue weighted by molar-refractivity contribution is 0.0696. The van der Waals surface area contributed by atoms with E-state index < -0.39 is 82.0 Å². The molecule has 5 aromatic rings. The van der Waals surface area contributed by atoms with Crippen LogP contribution in [0.2, 0.25) is 0 Å². The second-order valence-electron chi connectivity index (χ2n) is 11.1. The Morgan fingerprint density at radius 2 is 1.19 bits per heavy atom. The normalized spacial score (nSPS) is 12.7. The molecule has 22 heteroatoms. The number of carboxylic acids is 1. The van der Waals surface area contributed by atoms with Crippen LogP contribution in [0.3, 0.4) is 0 Å². The van der Waals surface area contributed by atoms with E-state index in [1.807, 2.05) is 6.92 Å². The summed E-state index contributed by atoms with van der Waals surface area (Å²) in [4.78, 5) is 11.2. The van der Waals surface area contributed by atoms with Gasteiger partial charge in [0.05, 0.1) is 50.5 Å². The number of hydrogen-bond donors (Lipinski definition) is 5. The first-order valence-corrected chi connectivity index (χ1v) is 19.4. The van der Waals surface area contributed by atoms with Gasteiger partial charge in [-0.3, -0.25) is 9.11 Å². The minimum atomic E-state index is -4.83. The number of benzene rings is 5. The van der Waals surface area contributed by atoms with Crippen LogP contribution < -0.4 is 0 Å². The maximum atomic E-state index is 12.5. The fourth-order valence-electron chi connectivity index (χ4n) is 4.65. The number of azo groups is 3. The van der Waals surface area contributed by atoms with Crippen LogP contribution in [0.5, 0.6) is 11.5 Å². The molecular formula is C32H26N6O13S3. The molecule has 0 saturated carbocycles. The van der Waals surface area contributed by atoms with Crippen molar-refractivity contribution >= 4 is 81.2 Å². The Kier molecular flexibility index (Phi) is 11.3. The quantitative estimate of drug-likeness (QED) is 0.0575. The second-order valence-corrected chi connectivity index (χ2v) is 15.7. The van der Waals surface area contributed by atoms with E-state index in [1.165, 1.54) is 30.3 Å². The molecule has 0 aliphatic carbocycles. The van der Waals surface area contributed by atoms with Crippen LogP contribution in [-0.2, 0) is 34.5 Å². The maximum absolute atomic E-state index is 12.5. The van der Waals surface area contributed by atoms with Gasteiger partial charge in [0.1, 0.15) is 11.4 Å². The highest BCUT2D eigenvalue weighted by atomic mass is 32.3. The summed E-state index contributed by atoms with van der Waals surface area (Å²) >= 11 is 0. The fraction of sp³-hybridized carbons (Fsp3) is 0.0938. The molecule has 0 unspecified atom stereocenters. The molecule has 0 aliphatic heterocycles. The van der Waals surface area contributed by atoms with Crippen LogP contribution >= 0.6 is 0 Å². The predicted octanol–water partition coefficient (Wildman–Crippen LogP) is 7.34. The summed E-state index contributed by atoms with van der Waals surface area (Å²) in [6.07, 6.45) is 0. The van der Waals surface area contributed by atoms with E-state index in [1.54, 1.807) is 24.3 Å². The van der Waals surface area contributed by atoms with E-state index in [2.05, 4.69) is 34.9 Å². The molecule has 0 fully saturated rings. The van der Waals surface area contributed by atoms with Gasteiger partial charge in [-0.05, 0) is 73.7 Å².